The Hall–Kier alpha value is -2.71. The molecule has 0 radical (unpaired) electrons. The van der Waals surface area contributed by atoms with E-state index in [2.05, 4.69) is 10.2 Å². The van der Waals surface area contributed by atoms with Gasteiger partial charge >= 0.3 is 0 Å². The predicted molar refractivity (Wildman–Crippen MR) is 109 cm³/mol. The molecule has 2 heterocycles. The number of morpholine rings is 1. The van der Waals surface area contributed by atoms with Crippen LogP contribution in [0.5, 0.6) is 0 Å². The van der Waals surface area contributed by atoms with Crippen LogP contribution < -0.4 is 10.2 Å². The Morgan fingerprint density at radius 3 is 2.32 bits per heavy atom. The summed E-state index contributed by atoms with van der Waals surface area (Å²) in [7, 11) is 1.57. The van der Waals surface area contributed by atoms with Gasteiger partial charge in [0.05, 0.1) is 29.5 Å². The third-order valence-corrected chi connectivity index (χ3v) is 5.59. The van der Waals surface area contributed by atoms with E-state index in [0.29, 0.717) is 15.4 Å². The number of Topliss-reactive ketones (excluding diaryl/α,β-unsaturated/α-hetero) is 1. The fourth-order valence-corrected chi connectivity index (χ4v) is 3.79. The molecule has 0 atom stereocenters. The first kappa shape index (κ1) is 20.0. The average Bonchev–Trinajstić information content (AvgIpc) is 3.19. The minimum atomic E-state index is -0.282. The lowest BCUT2D eigenvalue weighted by Crippen LogP contribution is -2.36. The van der Waals surface area contributed by atoms with Crippen molar-refractivity contribution in [3.8, 4) is 0 Å². The van der Waals surface area contributed by atoms with Gasteiger partial charge in [0.25, 0.3) is 5.91 Å². The molecule has 8 heteroatoms. The van der Waals surface area contributed by atoms with Crippen LogP contribution >= 0.6 is 11.3 Å². The zero-order valence-electron chi connectivity index (χ0n) is 15.9. The molecule has 0 bridgehead atoms. The van der Waals surface area contributed by atoms with Crippen LogP contribution in [0.15, 0.2) is 36.4 Å². The molecule has 1 N–H and O–H groups in total. The molecule has 2 aromatic rings. The van der Waals surface area contributed by atoms with Crippen molar-refractivity contribution in [3.05, 3.63) is 46.2 Å². The van der Waals surface area contributed by atoms with E-state index in [9.17, 15) is 14.4 Å². The number of benzene rings is 1. The molecule has 148 valence electrons. The molecule has 1 saturated heterocycles. The number of ketones is 1. The number of hydrogen-bond acceptors (Lipinski definition) is 6. The number of amides is 2. The van der Waals surface area contributed by atoms with E-state index in [0.717, 1.165) is 43.3 Å². The summed E-state index contributed by atoms with van der Waals surface area (Å²) >= 11 is 1.14. The van der Waals surface area contributed by atoms with Gasteiger partial charge < -0.3 is 19.9 Å². The topological polar surface area (TPSA) is 79.0 Å². The number of nitrogens with zero attached hydrogens (tertiary/aromatic N) is 2. The van der Waals surface area contributed by atoms with Gasteiger partial charge in [-0.1, -0.05) is 0 Å². The molecule has 1 aliphatic rings. The first-order valence-corrected chi connectivity index (χ1v) is 9.84. The standard InChI is InChI=1S/C20H23N3O4S/c1-14(24)17-7-8-18(28-17)20(26)22(2)13-19(25)21-15-3-5-16(6-4-15)23-9-11-27-12-10-23/h3-8H,9-13H2,1-2H3,(H,21,25). The highest BCUT2D eigenvalue weighted by molar-refractivity contribution is 7.15. The van der Waals surface area contributed by atoms with Crippen LogP contribution in [0.3, 0.4) is 0 Å². The van der Waals surface area contributed by atoms with Crippen molar-refractivity contribution in [2.75, 3.05) is 50.1 Å². The molecular formula is C20H23N3O4S. The summed E-state index contributed by atoms with van der Waals surface area (Å²) in [6, 6.07) is 10.9. The minimum Gasteiger partial charge on any atom is -0.378 e. The van der Waals surface area contributed by atoms with Gasteiger partial charge in [0.2, 0.25) is 5.91 Å². The van der Waals surface area contributed by atoms with Gasteiger partial charge in [-0.05, 0) is 43.3 Å². The Kier molecular flexibility index (Phi) is 6.43. The van der Waals surface area contributed by atoms with E-state index < -0.39 is 0 Å². The summed E-state index contributed by atoms with van der Waals surface area (Å²) < 4.78 is 5.35. The second-order valence-electron chi connectivity index (χ2n) is 6.58. The molecule has 1 aromatic carbocycles. The van der Waals surface area contributed by atoms with Crippen LogP contribution in [-0.4, -0.2) is 62.4 Å². The highest BCUT2D eigenvalue weighted by Gasteiger charge is 2.18. The van der Waals surface area contributed by atoms with Gasteiger partial charge in [0.1, 0.15) is 0 Å². The predicted octanol–water partition coefficient (Wildman–Crippen LogP) is 2.50. The average molecular weight is 401 g/mol. The third kappa shape index (κ3) is 4.96. The van der Waals surface area contributed by atoms with Crippen molar-refractivity contribution in [1.29, 1.82) is 0 Å². The monoisotopic (exact) mass is 401 g/mol. The first-order valence-electron chi connectivity index (χ1n) is 9.03. The quantitative estimate of drug-likeness (QED) is 0.753. The molecular weight excluding hydrogens is 378 g/mol. The number of thiophene rings is 1. The molecule has 1 aromatic heterocycles. The minimum absolute atomic E-state index is 0.0721. The SMILES string of the molecule is CC(=O)c1ccc(C(=O)N(C)CC(=O)Nc2ccc(N3CCOCC3)cc2)s1. The molecule has 3 rings (SSSR count). The van der Waals surface area contributed by atoms with E-state index in [1.165, 1.54) is 11.8 Å². The van der Waals surface area contributed by atoms with Gasteiger partial charge in [-0.25, -0.2) is 0 Å². The molecule has 28 heavy (non-hydrogen) atoms. The normalized spacial score (nSPS) is 13.9. The molecule has 7 nitrogen and oxygen atoms in total. The van der Waals surface area contributed by atoms with Crippen LogP contribution in [0.4, 0.5) is 11.4 Å². The maximum Gasteiger partial charge on any atom is 0.264 e. The summed E-state index contributed by atoms with van der Waals surface area (Å²) in [4.78, 5) is 40.6. The molecule has 1 fully saturated rings. The number of carbonyl (C=O) groups is 3. The largest absolute Gasteiger partial charge is 0.378 e. The molecule has 0 spiro atoms. The van der Waals surface area contributed by atoms with E-state index >= 15 is 0 Å². The lowest BCUT2D eigenvalue weighted by atomic mass is 10.2. The lowest BCUT2D eigenvalue weighted by molar-refractivity contribution is -0.116. The Morgan fingerprint density at radius 2 is 1.71 bits per heavy atom. The van der Waals surface area contributed by atoms with Crippen LogP contribution in [0.1, 0.15) is 26.3 Å². The van der Waals surface area contributed by atoms with Crippen molar-refractivity contribution in [1.82, 2.24) is 4.90 Å². The van der Waals surface area contributed by atoms with Gasteiger partial charge in [-0.3, -0.25) is 14.4 Å². The smallest absolute Gasteiger partial charge is 0.264 e. The van der Waals surface area contributed by atoms with E-state index in [1.807, 2.05) is 24.3 Å². The molecule has 0 saturated carbocycles. The van der Waals surface area contributed by atoms with Gasteiger partial charge in [0, 0.05) is 31.5 Å². The summed E-state index contributed by atoms with van der Waals surface area (Å²) in [5.41, 5.74) is 1.77. The molecule has 2 amide bonds. The zero-order chi connectivity index (χ0) is 20.1. The van der Waals surface area contributed by atoms with Crippen molar-refractivity contribution in [3.63, 3.8) is 0 Å². The number of carbonyl (C=O) groups excluding carboxylic acids is 3. The maximum absolute atomic E-state index is 12.4. The number of ether oxygens (including phenoxy) is 1. The van der Waals surface area contributed by atoms with Crippen molar-refractivity contribution < 1.29 is 19.1 Å². The Bertz CT molecular complexity index is 857. The van der Waals surface area contributed by atoms with Crippen molar-refractivity contribution >= 4 is 40.3 Å². The number of rotatable bonds is 6. The number of likely N-dealkylation sites (N-methyl/N-ethyl adjacent to an activating group) is 1. The van der Waals surface area contributed by atoms with E-state index in [1.54, 1.807) is 19.2 Å². The summed E-state index contributed by atoms with van der Waals surface area (Å²) in [6.45, 7) is 4.53. The highest BCUT2D eigenvalue weighted by atomic mass is 32.1. The van der Waals surface area contributed by atoms with Crippen molar-refractivity contribution in [2.45, 2.75) is 6.92 Å². The molecule has 0 unspecified atom stereocenters. The van der Waals surface area contributed by atoms with Gasteiger partial charge in [0.15, 0.2) is 5.78 Å². The van der Waals surface area contributed by atoms with Crippen LogP contribution in [-0.2, 0) is 9.53 Å². The first-order chi connectivity index (χ1) is 13.4. The Balaban J connectivity index is 1.53. The van der Waals surface area contributed by atoms with Crippen LogP contribution in [0.2, 0.25) is 0 Å². The van der Waals surface area contributed by atoms with E-state index in [-0.39, 0.29) is 24.1 Å². The molecule has 0 aliphatic carbocycles. The lowest BCUT2D eigenvalue weighted by Gasteiger charge is -2.28. The molecule has 1 aliphatic heterocycles. The van der Waals surface area contributed by atoms with Crippen LogP contribution in [0, 0.1) is 0 Å². The van der Waals surface area contributed by atoms with Crippen molar-refractivity contribution in [2.24, 2.45) is 0 Å². The van der Waals surface area contributed by atoms with Gasteiger partial charge in [-0.2, -0.15) is 0 Å². The third-order valence-electron chi connectivity index (χ3n) is 4.42. The second kappa shape index (κ2) is 8.99. The van der Waals surface area contributed by atoms with E-state index in [4.69, 9.17) is 4.74 Å². The number of hydrogen-bond donors (Lipinski definition) is 1. The zero-order valence-corrected chi connectivity index (χ0v) is 16.8. The summed E-state index contributed by atoms with van der Waals surface area (Å²) in [6.07, 6.45) is 0. The fourth-order valence-electron chi connectivity index (χ4n) is 2.90. The highest BCUT2D eigenvalue weighted by Crippen LogP contribution is 2.20. The maximum atomic E-state index is 12.4. The summed E-state index contributed by atoms with van der Waals surface area (Å²) in [5, 5.41) is 2.81. The Labute approximate surface area is 167 Å². The Morgan fingerprint density at radius 1 is 1.07 bits per heavy atom. The van der Waals surface area contributed by atoms with Gasteiger partial charge in [-0.15, -0.1) is 11.3 Å². The van der Waals surface area contributed by atoms with Crippen LogP contribution in [0.25, 0.3) is 0 Å². The fraction of sp³-hybridized carbons (Fsp3) is 0.350. The second-order valence-corrected chi connectivity index (χ2v) is 7.66. The summed E-state index contributed by atoms with van der Waals surface area (Å²) in [5.74, 6) is -0.640. The number of anilines is 2. The number of nitrogens with one attached hydrogen (secondary N) is 1.